The Morgan fingerprint density at radius 1 is 1.30 bits per heavy atom. The highest BCUT2D eigenvalue weighted by atomic mass is 32.2. The van der Waals surface area contributed by atoms with E-state index in [0.29, 0.717) is 10.9 Å². The molecule has 4 nitrogen and oxygen atoms in total. The summed E-state index contributed by atoms with van der Waals surface area (Å²) in [6.45, 7) is 8.31. The lowest BCUT2D eigenvalue weighted by Crippen LogP contribution is -2.14. The quantitative estimate of drug-likeness (QED) is 0.864. The van der Waals surface area contributed by atoms with Gasteiger partial charge in [-0.25, -0.2) is 9.97 Å². The van der Waals surface area contributed by atoms with Crippen LogP contribution in [0.5, 0.6) is 0 Å². The first kappa shape index (κ1) is 15.5. The molecule has 0 spiro atoms. The van der Waals surface area contributed by atoms with Gasteiger partial charge >= 0.3 is 0 Å². The molecule has 2 rings (SSSR count). The molecule has 108 valence electrons. The number of carbonyl (C=O) groups is 1. The Kier molecular flexibility index (Phi) is 4.82. The van der Waals surface area contributed by atoms with Gasteiger partial charge in [-0.05, 0) is 6.92 Å². The molecule has 1 amide bonds. The summed E-state index contributed by atoms with van der Waals surface area (Å²) < 4.78 is 0.931. The van der Waals surface area contributed by atoms with Crippen LogP contribution in [0.2, 0.25) is 0 Å². The minimum absolute atomic E-state index is 0.0446. The lowest BCUT2D eigenvalue weighted by Gasteiger charge is -2.14. The van der Waals surface area contributed by atoms with E-state index in [2.05, 4.69) is 41.4 Å². The van der Waals surface area contributed by atoms with Gasteiger partial charge in [-0.15, -0.1) is 22.7 Å². The van der Waals surface area contributed by atoms with Crippen LogP contribution in [-0.4, -0.2) is 21.6 Å². The summed E-state index contributed by atoms with van der Waals surface area (Å²) in [6.07, 6.45) is 0. The lowest BCUT2D eigenvalue weighted by molar-refractivity contribution is -0.113. The molecule has 2 aromatic heterocycles. The maximum atomic E-state index is 11.8. The number of aryl methyl sites for hydroxylation is 1. The van der Waals surface area contributed by atoms with E-state index in [4.69, 9.17) is 0 Å². The molecule has 0 bridgehead atoms. The van der Waals surface area contributed by atoms with Crippen LogP contribution in [0.3, 0.4) is 0 Å². The number of amides is 1. The highest BCUT2D eigenvalue weighted by Crippen LogP contribution is 2.29. The molecule has 0 aliphatic heterocycles. The molecule has 20 heavy (non-hydrogen) atoms. The van der Waals surface area contributed by atoms with Crippen molar-refractivity contribution in [1.29, 1.82) is 0 Å². The SMILES string of the molecule is Cc1csc(NC(=O)CSc2nc(C(C)(C)C)cs2)n1. The monoisotopic (exact) mass is 327 g/mol. The van der Waals surface area contributed by atoms with Crippen LogP contribution in [0.25, 0.3) is 0 Å². The number of rotatable bonds is 4. The number of hydrogen-bond donors (Lipinski definition) is 1. The Morgan fingerprint density at radius 2 is 2.05 bits per heavy atom. The largest absolute Gasteiger partial charge is 0.301 e. The van der Waals surface area contributed by atoms with Gasteiger partial charge in [0.25, 0.3) is 0 Å². The molecule has 0 unspecified atom stereocenters. The number of carbonyl (C=O) groups excluding carboxylic acids is 1. The second kappa shape index (κ2) is 6.24. The maximum Gasteiger partial charge on any atom is 0.236 e. The van der Waals surface area contributed by atoms with Crippen molar-refractivity contribution in [3.63, 3.8) is 0 Å². The van der Waals surface area contributed by atoms with E-state index >= 15 is 0 Å². The predicted octanol–water partition coefficient (Wildman–Crippen LogP) is 3.94. The molecule has 0 atom stereocenters. The van der Waals surface area contributed by atoms with E-state index in [-0.39, 0.29) is 11.3 Å². The summed E-state index contributed by atoms with van der Waals surface area (Å²) >= 11 is 4.49. The van der Waals surface area contributed by atoms with E-state index in [1.54, 1.807) is 11.3 Å². The fourth-order valence-electron chi connectivity index (χ4n) is 1.36. The van der Waals surface area contributed by atoms with E-state index in [9.17, 15) is 4.79 Å². The minimum Gasteiger partial charge on any atom is -0.301 e. The molecular weight excluding hydrogens is 310 g/mol. The molecule has 7 heteroatoms. The van der Waals surface area contributed by atoms with Crippen molar-refractivity contribution in [3.8, 4) is 0 Å². The Labute approximate surface area is 131 Å². The summed E-state index contributed by atoms with van der Waals surface area (Å²) in [7, 11) is 0. The Bertz CT molecular complexity index is 598. The minimum atomic E-state index is -0.0446. The molecule has 0 aliphatic carbocycles. The van der Waals surface area contributed by atoms with Gasteiger partial charge < -0.3 is 5.32 Å². The van der Waals surface area contributed by atoms with E-state index in [1.165, 1.54) is 23.1 Å². The third-order valence-corrected chi connectivity index (χ3v) is 5.34. The van der Waals surface area contributed by atoms with Crippen LogP contribution in [0.4, 0.5) is 5.13 Å². The van der Waals surface area contributed by atoms with Crippen molar-refractivity contribution in [1.82, 2.24) is 9.97 Å². The fraction of sp³-hybridized carbons (Fsp3) is 0.462. The number of nitrogens with one attached hydrogen (secondary N) is 1. The average Bonchev–Trinajstić information content (AvgIpc) is 2.95. The van der Waals surface area contributed by atoms with Gasteiger partial charge in [0.15, 0.2) is 9.47 Å². The smallest absolute Gasteiger partial charge is 0.236 e. The first-order valence-corrected chi connectivity index (χ1v) is 8.90. The van der Waals surface area contributed by atoms with Crippen molar-refractivity contribution in [2.24, 2.45) is 0 Å². The van der Waals surface area contributed by atoms with E-state index < -0.39 is 0 Å². The van der Waals surface area contributed by atoms with Crippen molar-refractivity contribution >= 4 is 45.5 Å². The zero-order chi connectivity index (χ0) is 14.8. The van der Waals surface area contributed by atoms with Gasteiger partial charge in [0.05, 0.1) is 17.1 Å². The molecule has 0 saturated heterocycles. The van der Waals surface area contributed by atoms with Crippen molar-refractivity contribution < 1.29 is 4.79 Å². The molecular formula is C13H17N3OS3. The van der Waals surface area contributed by atoms with E-state index in [1.807, 2.05) is 12.3 Å². The Hall–Kier alpha value is -0.920. The van der Waals surface area contributed by atoms with Gasteiger partial charge in [-0.1, -0.05) is 32.5 Å². The molecule has 0 fully saturated rings. The average molecular weight is 328 g/mol. The van der Waals surface area contributed by atoms with Gasteiger partial charge in [0.1, 0.15) is 0 Å². The Morgan fingerprint density at radius 3 is 2.60 bits per heavy atom. The molecule has 0 aliphatic rings. The van der Waals surface area contributed by atoms with Crippen LogP contribution in [0.15, 0.2) is 15.1 Å². The van der Waals surface area contributed by atoms with Gasteiger partial charge in [0.2, 0.25) is 5.91 Å². The first-order chi connectivity index (χ1) is 9.34. The molecule has 0 radical (unpaired) electrons. The Balaban J connectivity index is 1.86. The predicted molar refractivity (Wildman–Crippen MR) is 87.0 cm³/mol. The molecule has 2 aromatic rings. The highest BCUT2D eigenvalue weighted by Gasteiger charge is 2.18. The van der Waals surface area contributed by atoms with Gasteiger partial charge in [-0.2, -0.15) is 0 Å². The summed E-state index contributed by atoms with van der Waals surface area (Å²) in [4.78, 5) is 20.6. The highest BCUT2D eigenvalue weighted by molar-refractivity contribution is 8.01. The molecule has 0 aromatic carbocycles. The third kappa shape index (κ3) is 4.29. The van der Waals surface area contributed by atoms with Crippen molar-refractivity contribution in [2.75, 3.05) is 11.1 Å². The number of thioether (sulfide) groups is 1. The number of thiazole rings is 2. The zero-order valence-electron chi connectivity index (χ0n) is 11.9. The molecule has 0 saturated carbocycles. The van der Waals surface area contributed by atoms with Crippen molar-refractivity contribution in [2.45, 2.75) is 37.4 Å². The van der Waals surface area contributed by atoms with E-state index in [0.717, 1.165) is 15.7 Å². The molecule has 1 N–H and O–H groups in total. The number of hydrogen-bond acceptors (Lipinski definition) is 6. The topological polar surface area (TPSA) is 54.9 Å². The zero-order valence-corrected chi connectivity index (χ0v) is 14.3. The van der Waals surface area contributed by atoms with Crippen molar-refractivity contribution in [3.05, 3.63) is 22.1 Å². The fourth-order valence-corrected chi connectivity index (χ4v) is 3.92. The summed E-state index contributed by atoms with van der Waals surface area (Å²) in [5.41, 5.74) is 2.05. The van der Waals surface area contributed by atoms with Crippen LogP contribution in [-0.2, 0) is 10.2 Å². The van der Waals surface area contributed by atoms with Crippen LogP contribution < -0.4 is 5.32 Å². The first-order valence-electron chi connectivity index (χ1n) is 6.15. The van der Waals surface area contributed by atoms with Crippen LogP contribution in [0.1, 0.15) is 32.2 Å². The van der Waals surface area contributed by atoms with Crippen LogP contribution in [0, 0.1) is 6.92 Å². The molecule has 2 heterocycles. The number of aromatic nitrogens is 2. The summed E-state index contributed by atoms with van der Waals surface area (Å²) in [6, 6.07) is 0. The van der Waals surface area contributed by atoms with Gasteiger partial charge in [0, 0.05) is 16.2 Å². The summed E-state index contributed by atoms with van der Waals surface area (Å²) in [5.74, 6) is 0.312. The van der Waals surface area contributed by atoms with Gasteiger partial charge in [-0.3, -0.25) is 4.79 Å². The maximum absolute atomic E-state index is 11.8. The summed E-state index contributed by atoms with van der Waals surface area (Å²) in [5, 5.41) is 7.43. The van der Waals surface area contributed by atoms with Crippen LogP contribution >= 0.6 is 34.4 Å². The standard InChI is InChI=1S/C13H17N3OS3/c1-8-5-18-11(14-8)16-10(17)7-20-12-15-9(6-19-12)13(2,3)4/h5-6H,7H2,1-4H3,(H,14,16,17). The second-order valence-corrected chi connectivity index (χ2v) is 8.32. The third-order valence-electron chi connectivity index (χ3n) is 2.44. The number of anilines is 1. The normalized spacial score (nSPS) is 11.6. The second-order valence-electron chi connectivity index (χ2n) is 5.38. The number of nitrogens with zero attached hydrogens (tertiary/aromatic N) is 2. The lowest BCUT2D eigenvalue weighted by atomic mass is 9.93.